The van der Waals surface area contributed by atoms with Gasteiger partial charge in [-0.2, -0.15) is 0 Å². The van der Waals surface area contributed by atoms with Crippen LogP contribution in [0.2, 0.25) is 0 Å². The van der Waals surface area contributed by atoms with Crippen LogP contribution in [-0.4, -0.2) is 0 Å². The van der Waals surface area contributed by atoms with E-state index in [-0.39, 0.29) is 11.9 Å². The molecule has 2 aliphatic carbocycles. The highest BCUT2D eigenvalue weighted by Gasteiger charge is 2.35. The molecule has 3 rings (SSSR count). The molecule has 3 N–H and O–H groups in total. The summed E-state index contributed by atoms with van der Waals surface area (Å²) in [6, 6.07) is 6.97. The van der Waals surface area contributed by atoms with Crippen molar-refractivity contribution in [3.63, 3.8) is 0 Å². The number of halogens is 1. The zero-order valence-corrected chi connectivity index (χ0v) is 12.0. The number of hydrogen-bond donors (Lipinski definition) is 2. The van der Waals surface area contributed by atoms with Crippen molar-refractivity contribution in [1.29, 1.82) is 0 Å². The smallest absolute Gasteiger partial charge is 0.123 e. The number of nitrogens with two attached hydrogens (primary N) is 1. The zero-order chi connectivity index (χ0) is 13.9. The number of fused-ring (bicyclic) bond motifs is 1. The molecule has 0 spiro atoms. The Morgan fingerprint density at radius 1 is 1.00 bits per heavy atom. The van der Waals surface area contributed by atoms with Gasteiger partial charge in [0.1, 0.15) is 5.82 Å². The SMILES string of the molecule is NNC(c1ccc(F)cc1)C1CCC2CCCCC2C1. The summed E-state index contributed by atoms with van der Waals surface area (Å²) in [5.41, 5.74) is 4.10. The number of hydrogen-bond acceptors (Lipinski definition) is 2. The first-order valence-electron chi connectivity index (χ1n) is 7.99. The second kappa shape index (κ2) is 6.23. The molecule has 0 amide bonds. The van der Waals surface area contributed by atoms with Gasteiger partial charge in [0.2, 0.25) is 0 Å². The van der Waals surface area contributed by atoms with Crippen LogP contribution in [0.3, 0.4) is 0 Å². The quantitative estimate of drug-likeness (QED) is 0.648. The maximum Gasteiger partial charge on any atom is 0.123 e. The van der Waals surface area contributed by atoms with Crippen LogP contribution in [0.15, 0.2) is 24.3 Å². The molecule has 2 nitrogen and oxygen atoms in total. The van der Waals surface area contributed by atoms with Crippen molar-refractivity contribution < 1.29 is 4.39 Å². The highest BCUT2D eigenvalue weighted by molar-refractivity contribution is 5.20. The molecular weight excluding hydrogens is 251 g/mol. The summed E-state index contributed by atoms with van der Waals surface area (Å²) in [4.78, 5) is 0. The van der Waals surface area contributed by atoms with E-state index in [1.165, 1.54) is 57.1 Å². The van der Waals surface area contributed by atoms with Crippen LogP contribution in [0.25, 0.3) is 0 Å². The number of rotatable bonds is 3. The van der Waals surface area contributed by atoms with E-state index in [9.17, 15) is 4.39 Å². The van der Waals surface area contributed by atoms with Crippen molar-refractivity contribution in [2.45, 2.75) is 51.0 Å². The average Bonchev–Trinajstić information content (AvgIpc) is 2.50. The van der Waals surface area contributed by atoms with Gasteiger partial charge in [-0.3, -0.25) is 11.3 Å². The molecule has 1 aromatic carbocycles. The van der Waals surface area contributed by atoms with E-state index < -0.39 is 0 Å². The molecule has 4 unspecified atom stereocenters. The summed E-state index contributed by atoms with van der Waals surface area (Å²) in [6.07, 6.45) is 9.49. The minimum atomic E-state index is -0.180. The molecule has 0 saturated heterocycles. The first kappa shape index (κ1) is 14.0. The molecule has 2 saturated carbocycles. The number of benzene rings is 1. The largest absolute Gasteiger partial charge is 0.271 e. The van der Waals surface area contributed by atoms with Gasteiger partial charge in [-0.1, -0.05) is 37.8 Å². The van der Waals surface area contributed by atoms with Crippen LogP contribution in [0.1, 0.15) is 56.6 Å². The second-order valence-electron chi connectivity index (χ2n) is 6.57. The van der Waals surface area contributed by atoms with Crippen molar-refractivity contribution in [2.24, 2.45) is 23.6 Å². The van der Waals surface area contributed by atoms with E-state index in [0.29, 0.717) is 5.92 Å². The van der Waals surface area contributed by atoms with E-state index >= 15 is 0 Å². The topological polar surface area (TPSA) is 38.0 Å². The van der Waals surface area contributed by atoms with Crippen LogP contribution in [0.5, 0.6) is 0 Å². The Bertz CT molecular complexity index is 431. The predicted octanol–water partition coefficient (Wildman–Crippen LogP) is 3.94. The lowest BCUT2D eigenvalue weighted by molar-refractivity contribution is 0.109. The van der Waals surface area contributed by atoms with E-state index in [4.69, 9.17) is 5.84 Å². The van der Waals surface area contributed by atoms with Crippen molar-refractivity contribution >= 4 is 0 Å². The van der Waals surface area contributed by atoms with E-state index in [0.717, 1.165) is 17.4 Å². The Hall–Kier alpha value is -0.930. The van der Waals surface area contributed by atoms with Gasteiger partial charge in [0, 0.05) is 6.04 Å². The van der Waals surface area contributed by atoms with Crippen LogP contribution < -0.4 is 11.3 Å². The molecule has 3 heteroatoms. The molecular formula is C17H25FN2. The molecule has 0 bridgehead atoms. The van der Waals surface area contributed by atoms with Crippen molar-refractivity contribution in [1.82, 2.24) is 5.43 Å². The van der Waals surface area contributed by atoms with Crippen LogP contribution in [0, 0.1) is 23.6 Å². The molecule has 0 aliphatic heterocycles. The van der Waals surface area contributed by atoms with Crippen molar-refractivity contribution in [3.05, 3.63) is 35.6 Å². The lowest BCUT2D eigenvalue weighted by Gasteiger charge is -2.42. The van der Waals surface area contributed by atoms with Gasteiger partial charge in [-0.25, -0.2) is 4.39 Å². The molecule has 0 radical (unpaired) electrons. The molecule has 2 fully saturated rings. The first-order chi connectivity index (χ1) is 9.78. The van der Waals surface area contributed by atoms with E-state index in [2.05, 4.69) is 5.43 Å². The molecule has 2 aliphatic rings. The van der Waals surface area contributed by atoms with Gasteiger partial charge in [0.15, 0.2) is 0 Å². The predicted molar refractivity (Wildman–Crippen MR) is 79.3 cm³/mol. The summed E-state index contributed by atoms with van der Waals surface area (Å²) in [7, 11) is 0. The number of hydrazine groups is 1. The maximum atomic E-state index is 13.1. The Morgan fingerprint density at radius 2 is 1.70 bits per heavy atom. The molecule has 4 atom stereocenters. The fraction of sp³-hybridized carbons (Fsp3) is 0.647. The fourth-order valence-electron chi connectivity index (χ4n) is 4.39. The van der Waals surface area contributed by atoms with Gasteiger partial charge in [-0.15, -0.1) is 0 Å². The average molecular weight is 276 g/mol. The molecule has 20 heavy (non-hydrogen) atoms. The molecule has 0 heterocycles. The van der Waals surface area contributed by atoms with Gasteiger partial charge in [-0.05, 0) is 54.7 Å². The lowest BCUT2D eigenvalue weighted by atomic mass is 9.65. The van der Waals surface area contributed by atoms with Gasteiger partial charge < -0.3 is 0 Å². The minimum Gasteiger partial charge on any atom is -0.271 e. The summed E-state index contributed by atoms with van der Waals surface area (Å²) in [5.74, 6) is 8.04. The highest BCUT2D eigenvalue weighted by atomic mass is 19.1. The van der Waals surface area contributed by atoms with Crippen LogP contribution >= 0.6 is 0 Å². The monoisotopic (exact) mass is 276 g/mol. The third-order valence-electron chi connectivity index (χ3n) is 5.46. The highest BCUT2D eigenvalue weighted by Crippen LogP contribution is 2.45. The van der Waals surface area contributed by atoms with E-state index in [1.54, 1.807) is 0 Å². The van der Waals surface area contributed by atoms with Crippen LogP contribution in [0.4, 0.5) is 4.39 Å². The van der Waals surface area contributed by atoms with Gasteiger partial charge in [0.25, 0.3) is 0 Å². The zero-order valence-electron chi connectivity index (χ0n) is 12.0. The second-order valence-corrected chi connectivity index (χ2v) is 6.57. The van der Waals surface area contributed by atoms with Crippen molar-refractivity contribution in [3.8, 4) is 0 Å². The summed E-state index contributed by atoms with van der Waals surface area (Å²) < 4.78 is 13.1. The normalized spacial score (nSPS) is 31.6. The van der Waals surface area contributed by atoms with Crippen molar-refractivity contribution in [2.75, 3.05) is 0 Å². The summed E-state index contributed by atoms with van der Waals surface area (Å²) in [6.45, 7) is 0. The standard InChI is InChI=1S/C17H25FN2/c18-16-9-7-13(8-10-16)17(20-19)15-6-5-12-3-1-2-4-14(12)11-15/h7-10,12,14-15,17,20H,1-6,11,19H2. The van der Waals surface area contributed by atoms with E-state index in [1.807, 2.05) is 12.1 Å². The maximum absolute atomic E-state index is 13.1. The molecule has 110 valence electrons. The van der Waals surface area contributed by atoms with Crippen LogP contribution in [-0.2, 0) is 0 Å². The lowest BCUT2D eigenvalue weighted by Crippen LogP contribution is -2.38. The Labute approximate surface area is 120 Å². The minimum absolute atomic E-state index is 0.165. The Kier molecular flexibility index (Phi) is 4.37. The molecule has 1 aromatic rings. The third kappa shape index (κ3) is 2.89. The summed E-state index contributed by atoms with van der Waals surface area (Å²) in [5, 5.41) is 0. The number of nitrogens with one attached hydrogen (secondary N) is 1. The Morgan fingerprint density at radius 3 is 2.40 bits per heavy atom. The molecule has 0 aromatic heterocycles. The third-order valence-corrected chi connectivity index (χ3v) is 5.46. The van der Waals surface area contributed by atoms with Gasteiger partial charge in [0.05, 0.1) is 0 Å². The Balaban J connectivity index is 1.71. The van der Waals surface area contributed by atoms with Gasteiger partial charge >= 0.3 is 0 Å². The fourth-order valence-corrected chi connectivity index (χ4v) is 4.39. The first-order valence-corrected chi connectivity index (χ1v) is 7.99. The summed E-state index contributed by atoms with van der Waals surface area (Å²) >= 11 is 0.